The molecule has 2 aromatic rings. The molecule has 0 saturated carbocycles. The Kier molecular flexibility index (Phi) is 3.90. The fourth-order valence-electron chi connectivity index (χ4n) is 2.40. The van der Waals surface area contributed by atoms with Crippen LogP contribution in [0.1, 0.15) is 30.5 Å². The van der Waals surface area contributed by atoms with E-state index < -0.39 is 0 Å². The van der Waals surface area contributed by atoms with Crippen molar-refractivity contribution in [1.29, 1.82) is 0 Å². The number of hydrogen-bond donors (Lipinski definition) is 1. The van der Waals surface area contributed by atoms with Gasteiger partial charge in [0.2, 0.25) is 0 Å². The molecule has 4 nitrogen and oxygen atoms in total. The summed E-state index contributed by atoms with van der Waals surface area (Å²) in [6, 6.07) is 8.13. The third-order valence-corrected chi connectivity index (χ3v) is 3.52. The van der Waals surface area contributed by atoms with Gasteiger partial charge in [-0.15, -0.1) is 0 Å². The second-order valence-electron chi connectivity index (χ2n) is 5.07. The number of imidazole rings is 1. The first-order valence-electron chi connectivity index (χ1n) is 6.60. The lowest BCUT2D eigenvalue weighted by Gasteiger charge is -2.12. The molecule has 2 N–H and O–H groups in total. The average Bonchev–Trinajstić information content (AvgIpc) is 2.64. The summed E-state index contributed by atoms with van der Waals surface area (Å²) in [6.07, 6.45) is 2.80. The maximum absolute atomic E-state index is 12.1. The van der Waals surface area contributed by atoms with E-state index in [1.807, 2.05) is 25.3 Å². The molecule has 0 bridgehead atoms. The Labute approximate surface area is 113 Å². The van der Waals surface area contributed by atoms with Gasteiger partial charge >= 0.3 is 5.69 Å². The first-order chi connectivity index (χ1) is 9.04. The summed E-state index contributed by atoms with van der Waals surface area (Å²) < 4.78 is 3.34. The van der Waals surface area contributed by atoms with Crippen LogP contribution in [-0.4, -0.2) is 15.7 Å². The molecule has 19 heavy (non-hydrogen) atoms. The number of rotatable bonds is 4. The molecular weight excluding hydrogens is 238 g/mol. The highest BCUT2D eigenvalue weighted by Crippen LogP contribution is 2.21. The van der Waals surface area contributed by atoms with E-state index in [1.165, 1.54) is 5.56 Å². The number of aryl methyl sites for hydroxylation is 2. The van der Waals surface area contributed by atoms with Gasteiger partial charge in [-0.2, -0.15) is 0 Å². The normalized spacial score (nSPS) is 12.6. The minimum absolute atomic E-state index is 0.0128. The van der Waals surface area contributed by atoms with Crippen molar-refractivity contribution in [2.45, 2.75) is 26.2 Å². The smallest absolute Gasteiger partial charge is 0.330 e. The molecule has 0 amide bonds. The predicted octanol–water partition coefficient (Wildman–Crippen LogP) is 1.94. The summed E-state index contributed by atoms with van der Waals surface area (Å²) in [6.45, 7) is 4.78. The summed E-state index contributed by atoms with van der Waals surface area (Å²) in [5.41, 5.74) is 8.68. The molecule has 0 spiro atoms. The van der Waals surface area contributed by atoms with Crippen LogP contribution in [-0.2, 0) is 7.05 Å². The Morgan fingerprint density at radius 3 is 2.68 bits per heavy atom. The van der Waals surface area contributed by atoms with Gasteiger partial charge in [0.25, 0.3) is 0 Å². The zero-order valence-electron chi connectivity index (χ0n) is 11.8. The zero-order valence-corrected chi connectivity index (χ0v) is 11.8. The highest BCUT2D eigenvalue weighted by atomic mass is 16.1. The Balaban J connectivity index is 2.46. The number of aromatic nitrogens is 2. The first kappa shape index (κ1) is 13.6. The van der Waals surface area contributed by atoms with E-state index in [1.54, 1.807) is 16.2 Å². The summed E-state index contributed by atoms with van der Waals surface area (Å²) >= 11 is 0. The van der Waals surface area contributed by atoms with Gasteiger partial charge in [0.1, 0.15) is 0 Å². The van der Waals surface area contributed by atoms with Gasteiger partial charge in [-0.1, -0.05) is 19.1 Å². The molecule has 1 aromatic heterocycles. The second kappa shape index (κ2) is 5.45. The van der Waals surface area contributed by atoms with Crippen LogP contribution in [0.15, 0.2) is 35.3 Å². The van der Waals surface area contributed by atoms with E-state index in [0.29, 0.717) is 12.5 Å². The highest BCUT2D eigenvalue weighted by molar-refractivity contribution is 5.38. The first-order valence-corrected chi connectivity index (χ1v) is 6.60. The van der Waals surface area contributed by atoms with Gasteiger partial charge in [-0.25, -0.2) is 4.79 Å². The topological polar surface area (TPSA) is 53.0 Å². The summed E-state index contributed by atoms with van der Waals surface area (Å²) in [7, 11) is 1.77. The van der Waals surface area contributed by atoms with Gasteiger partial charge in [0.15, 0.2) is 0 Å². The molecule has 0 aliphatic carbocycles. The van der Waals surface area contributed by atoms with E-state index in [9.17, 15) is 4.79 Å². The highest BCUT2D eigenvalue weighted by Gasteiger charge is 2.10. The lowest BCUT2D eigenvalue weighted by molar-refractivity contribution is 0.689. The Hall–Kier alpha value is -1.81. The van der Waals surface area contributed by atoms with Crippen molar-refractivity contribution in [2.75, 3.05) is 6.54 Å². The molecule has 2 rings (SSSR count). The quantitative estimate of drug-likeness (QED) is 0.912. The summed E-state index contributed by atoms with van der Waals surface area (Å²) in [5.74, 6) is 0.407. The zero-order chi connectivity index (χ0) is 14.0. The van der Waals surface area contributed by atoms with Gasteiger partial charge in [0.05, 0.1) is 5.69 Å². The van der Waals surface area contributed by atoms with Crippen LogP contribution >= 0.6 is 0 Å². The molecule has 1 aromatic carbocycles. The van der Waals surface area contributed by atoms with Crippen molar-refractivity contribution in [1.82, 2.24) is 9.13 Å². The molecule has 102 valence electrons. The fraction of sp³-hybridized carbons (Fsp3) is 0.400. The van der Waals surface area contributed by atoms with E-state index in [2.05, 4.69) is 19.1 Å². The van der Waals surface area contributed by atoms with Crippen LogP contribution in [0, 0.1) is 6.92 Å². The molecule has 0 saturated heterocycles. The number of hydrogen-bond acceptors (Lipinski definition) is 2. The molecule has 0 aliphatic heterocycles. The van der Waals surface area contributed by atoms with Crippen molar-refractivity contribution in [2.24, 2.45) is 12.8 Å². The van der Waals surface area contributed by atoms with Crippen molar-refractivity contribution >= 4 is 0 Å². The van der Waals surface area contributed by atoms with Crippen LogP contribution in [0.2, 0.25) is 0 Å². The monoisotopic (exact) mass is 259 g/mol. The lowest BCUT2D eigenvalue weighted by atomic mass is 9.97. The van der Waals surface area contributed by atoms with Crippen molar-refractivity contribution < 1.29 is 0 Å². The van der Waals surface area contributed by atoms with Crippen molar-refractivity contribution in [3.05, 3.63) is 52.2 Å². The molecule has 1 atom stereocenters. The second-order valence-corrected chi connectivity index (χ2v) is 5.07. The maximum Gasteiger partial charge on any atom is 0.332 e. The van der Waals surface area contributed by atoms with E-state index in [0.717, 1.165) is 17.8 Å². The molecule has 0 aliphatic rings. The number of nitrogens with zero attached hydrogens (tertiary/aromatic N) is 2. The fourth-order valence-corrected chi connectivity index (χ4v) is 2.40. The third-order valence-electron chi connectivity index (χ3n) is 3.52. The standard InChI is InChI=1S/C15H21N3O/c1-11(7-8-16)13-5-4-6-14(9-13)18-12(2)10-17(3)15(18)19/h4-6,9-11H,7-8,16H2,1-3H3. The predicted molar refractivity (Wildman–Crippen MR) is 77.8 cm³/mol. The molecule has 1 heterocycles. The summed E-state index contributed by atoms with van der Waals surface area (Å²) in [4.78, 5) is 12.1. The van der Waals surface area contributed by atoms with Crippen LogP contribution in [0.3, 0.4) is 0 Å². The number of nitrogens with two attached hydrogens (primary N) is 1. The summed E-state index contributed by atoms with van der Waals surface area (Å²) in [5, 5.41) is 0. The van der Waals surface area contributed by atoms with Crippen molar-refractivity contribution in [3.63, 3.8) is 0 Å². The van der Waals surface area contributed by atoms with Crippen LogP contribution < -0.4 is 11.4 Å². The van der Waals surface area contributed by atoms with Crippen LogP contribution in [0.25, 0.3) is 5.69 Å². The number of benzene rings is 1. The lowest BCUT2D eigenvalue weighted by Crippen LogP contribution is -2.21. The Morgan fingerprint density at radius 2 is 2.11 bits per heavy atom. The van der Waals surface area contributed by atoms with Crippen LogP contribution in [0.5, 0.6) is 0 Å². The average molecular weight is 259 g/mol. The Bertz CT molecular complexity index is 625. The molecular formula is C15H21N3O. The molecule has 4 heteroatoms. The largest absolute Gasteiger partial charge is 0.332 e. The van der Waals surface area contributed by atoms with Crippen molar-refractivity contribution in [3.8, 4) is 5.69 Å². The van der Waals surface area contributed by atoms with Gasteiger partial charge in [0, 0.05) is 18.9 Å². The minimum Gasteiger partial charge on any atom is -0.330 e. The van der Waals surface area contributed by atoms with Gasteiger partial charge in [-0.05, 0) is 43.5 Å². The van der Waals surface area contributed by atoms with E-state index in [4.69, 9.17) is 5.73 Å². The molecule has 0 radical (unpaired) electrons. The third kappa shape index (κ3) is 2.63. The van der Waals surface area contributed by atoms with Gasteiger partial charge in [-0.3, -0.25) is 4.57 Å². The van der Waals surface area contributed by atoms with E-state index in [-0.39, 0.29) is 5.69 Å². The van der Waals surface area contributed by atoms with Crippen LogP contribution in [0.4, 0.5) is 0 Å². The Morgan fingerprint density at radius 1 is 1.37 bits per heavy atom. The maximum atomic E-state index is 12.1. The molecule has 1 unspecified atom stereocenters. The van der Waals surface area contributed by atoms with Gasteiger partial charge < -0.3 is 10.3 Å². The van der Waals surface area contributed by atoms with E-state index >= 15 is 0 Å². The minimum atomic E-state index is -0.0128. The SMILES string of the molecule is Cc1cn(C)c(=O)n1-c1cccc(C(C)CCN)c1. The molecule has 0 fully saturated rings.